The maximum absolute atomic E-state index is 6.12. The van der Waals surface area contributed by atoms with Crippen LogP contribution in [-0.4, -0.2) is 15.2 Å². The monoisotopic (exact) mass is 325 g/mol. The van der Waals surface area contributed by atoms with Crippen LogP contribution in [-0.2, 0) is 0 Å². The summed E-state index contributed by atoms with van der Waals surface area (Å²) < 4.78 is 0. The zero-order valence-electron chi connectivity index (χ0n) is 12.8. The van der Waals surface area contributed by atoms with E-state index in [0.717, 1.165) is 16.9 Å². The molecule has 3 aromatic rings. The summed E-state index contributed by atoms with van der Waals surface area (Å²) in [5.74, 6) is 1.03. The molecule has 0 saturated carbocycles. The molecule has 2 N–H and O–H groups in total. The summed E-state index contributed by atoms with van der Waals surface area (Å²) in [6, 6.07) is 13.7. The number of hydrogen-bond acceptors (Lipinski definition) is 5. The first kappa shape index (κ1) is 15.2. The van der Waals surface area contributed by atoms with Crippen molar-refractivity contribution in [1.82, 2.24) is 15.2 Å². The number of anilines is 4. The minimum Gasteiger partial charge on any atom is -0.339 e. The lowest BCUT2D eigenvalue weighted by atomic mass is 10.2. The molecule has 0 aliphatic carbocycles. The van der Waals surface area contributed by atoms with Crippen molar-refractivity contribution < 1.29 is 0 Å². The molecule has 23 heavy (non-hydrogen) atoms. The molecule has 0 aliphatic heterocycles. The Hall–Kier alpha value is -2.66. The molecule has 0 fully saturated rings. The molecule has 2 aromatic carbocycles. The highest BCUT2D eigenvalue weighted by Gasteiger charge is 2.06. The number of halogens is 1. The lowest BCUT2D eigenvalue weighted by Gasteiger charge is -2.10. The number of benzene rings is 2. The molecule has 0 unspecified atom stereocenters. The summed E-state index contributed by atoms with van der Waals surface area (Å²) in [5.41, 5.74) is 3.94. The summed E-state index contributed by atoms with van der Waals surface area (Å²) in [4.78, 5) is 4.42. The number of nitrogens with one attached hydrogen (secondary N) is 2. The van der Waals surface area contributed by atoms with Crippen molar-refractivity contribution in [3.63, 3.8) is 0 Å². The average Bonchev–Trinajstić information content (AvgIpc) is 2.54. The predicted octanol–water partition coefficient (Wildman–Crippen LogP) is 4.63. The fourth-order valence-corrected chi connectivity index (χ4v) is 2.24. The molecule has 6 heteroatoms. The van der Waals surface area contributed by atoms with E-state index in [4.69, 9.17) is 11.6 Å². The van der Waals surface area contributed by atoms with Crippen molar-refractivity contribution >= 4 is 34.7 Å². The van der Waals surface area contributed by atoms with Crippen molar-refractivity contribution in [2.75, 3.05) is 10.6 Å². The highest BCUT2D eigenvalue weighted by molar-refractivity contribution is 6.31. The van der Waals surface area contributed by atoms with Gasteiger partial charge < -0.3 is 10.6 Å². The first-order valence-electron chi connectivity index (χ1n) is 7.17. The number of hydrogen-bond donors (Lipinski definition) is 2. The predicted molar refractivity (Wildman–Crippen MR) is 93.8 cm³/mol. The van der Waals surface area contributed by atoms with Gasteiger partial charge in [0.15, 0.2) is 5.82 Å². The fourth-order valence-electron chi connectivity index (χ4n) is 2.06. The van der Waals surface area contributed by atoms with E-state index in [2.05, 4.69) is 25.8 Å². The van der Waals surface area contributed by atoms with Gasteiger partial charge in [-0.15, -0.1) is 5.10 Å². The van der Waals surface area contributed by atoms with E-state index in [0.29, 0.717) is 16.8 Å². The van der Waals surface area contributed by atoms with Crippen LogP contribution in [0.5, 0.6) is 0 Å². The first-order valence-corrected chi connectivity index (χ1v) is 7.55. The summed E-state index contributed by atoms with van der Waals surface area (Å²) >= 11 is 6.12. The number of rotatable bonds is 4. The lowest BCUT2D eigenvalue weighted by Crippen LogP contribution is -2.03. The normalized spacial score (nSPS) is 10.4. The van der Waals surface area contributed by atoms with Gasteiger partial charge >= 0.3 is 0 Å². The average molecular weight is 326 g/mol. The molecule has 116 valence electrons. The lowest BCUT2D eigenvalue weighted by molar-refractivity contribution is 0.982. The Kier molecular flexibility index (Phi) is 4.39. The van der Waals surface area contributed by atoms with Crippen LogP contribution in [0.3, 0.4) is 0 Å². The molecular weight excluding hydrogens is 310 g/mol. The van der Waals surface area contributed by atoms with Crippen molar-refractivity contribution in [2.24, 2.45) is 0 Å². The summed E-state index contributed by atoms with van der Waals surface area (Å²) in [5, 5.41) is 15.0. The standard InChI is InChI=1S/C17H16ClN5/c1-11-6-8-13(9-7-11)20-16-10-19-23-17(22-16)21-15-5-3-4-14(18)12(15)2/h3-10H,1-2H3,(H2,20,21,22,23). The molecule has 0 spiro atoms. The molecule has 1 aromatic heterocycles. The van der Waals surface area contributed by atoms with Crippen molar-refractivity contribution in [3.05, 3.63) is 64.8 Å². The van der Waals surface area contributed by atoms with Crippen LogP contribution in [0, 0.1) is 13.8 Å². The Bertz CT molecular complexity index is 817. The molecule has 0 atom stereocenters. The first-order chi connectivity index (χ1) is 11.1. The molecule has 5 nitrogen and oxygen atoms in total. The van der Waals surface area contributed by atoms with Gasteiger partial charge in [-0.25, -0.2) is 0 Å². The number of aryl methyl sites for hydroxylation is 1. The van der Waals surface area contributed by atoms with Gasteiger partial charge in [-0.2, -0.15) is 10.1 Å². The zero-order valence-corrected chi connectivity index (χ0v) is 13.6. The van der Waals surface area contributed by atoms with Crippen LogP contribution < -0.4 is 10.6 Å². The molecule has 1 heterocycles. The second-order valence-electron chi connectivity index (χ2n) is 5.19. The maximum Gasteiger partial charge on any atom is 0.249 e. The van der Waals surface area contributed by atoms with Crippen LogP contribution in [0.15, 0.2) is 48.7 Å². The zero-order chi connectivity index (χ0) is 16.2. The van der Waals surface area contributed by atoms with E-state index in [9.17, 15) is 0 Å². The Balaban J connectivity index is 1.79. The highest BCUT2D eigenvalue weighted by Crippen LogP contribution is 2.25. The second-order valence-corrected chi connectivity index (χ2v) is 5.60. The third kappa shape index (κ3) is 3.76. The van der Waals surface area contributed by atoms with Crippen LogP contribution in [0.4, 0.5) is 23.1 Å². The largest absolute Gasteiger partial charge is 0.339 e. The van der Waals surface area contributed by atoms with E-state index in [-0.39, 0.29) is 0 Å². The molecule has 3 rings (SSSR count). The number of nitrogens with zero attached hydrogens (tertiary/aromatic N) is 3. The number of aromatic nitrogens is 3. The van der Waals surface area contributed by atoms with Crippen LogP contribution >= 0.6 is 11.6 Å². The summed E-state index contributed by atoms with van der Waals surface area (Å²) in [7, 11) is 0. The van der Waals surface area contributed by atoms with Gasteiger partial charge in [0.2, 0.25) is 5.95 Å². The Morgan fingerprint density at radius 3 is 2.52 bits per heavy atom. The summed E-state index contributed by atoms with van der Waals surface area (Å²) in [6.45, 7) is 3.98. The molecule has 0 saturated heterocycles. The van der Waals surface area contributed by atoms with Crippen LogP contribution in [0.2, 0.25) is 5.02 Å². The third-order valence-corrected chi connectivity index (χ3v) is 3.81. The van der Waals surface area contributed by atoms with E-state index < -0.39 is 0 Å². The quantitative estimate of drug-likeness (QED) is 0.732. The minimum absolute atomic E-state index is 0.410. The topological polar surface area (TPSA) is 62.7 Å². The molecule has 0 bridgehead atoms. The maximum atomic E-state index is 6.12. The van der Waals surface area contributed by atoms with Crippen LogP contribution in [0.1, 0.15) is 11.1 Å². The third-order valence-electron chi connectivity index (χ3n) is 3.40. The van der Waals surface area contributed by atoms with Crippen molar-refractivity contribution in [3.8, 4) is 0 Å². The molecule has 0 radical (unpaired) electrons. The van der Waals surface area contributed by atoms with Gasteiger partial charge in [0.05, 0.1) is 6.20 Å². The van der Waals surface area contributed by atoms with Gasteiger partial charge in [0, 0.05) is 16.4 Å². The van der Waals surface area contributed by atoms with Gasteiger partial charge in [-0.3, -0.25) is 0 Å². The van der Waals surface area contributed by atoms with Gasteiger partial charge in [0.25, 0.3) is 0 Å². The van der Waals surface area contributed by atoms with E-state index in [1.54, 1.807) is 6.20 Å². The minimum atomic E-state index is 0.410. The SMILES string of the molecule is Cc1ccc(Nc2cnnc(Nc3cccc(Cl)c3C)n2)cc1. The highest BCUT2D eigenvalue weighted by atomic mass is 35.5. The smallest absolute Gasteiger partial charge is 0.249 e. The van der Waals surface area contributed by atoms with E-state index in [1.807, 2.05) is 56.3 Å². The summed E-state index contributed by atoms with van der Waals surface area (Å²) in [6.07, 6.45) is 1.58. The Morgan fingerprint density at radius 1 is 0.957 bits per heavy atom. The Morgan fingerprint density at radius 2 is 1.74 bits per heavy atom. The second kappa shape index (κ2) is 6.62. The van der Waals surface area contributed by atoms with Gasteiger partial charge in [-0.1, -0.05) is 35.4 Å². The van der Waals surface area contributed by atoms with Gasteiger partial charge in [0.1, 0.15) is 0 Å². The van der Waals surface area contributed by atoms with E-state index >= 15 is 0 Å². The van der Waals surface area contributed by atoms with Gasteiger partial charge in [-0.05, 0) is 43.7 Å². The van der Waals surface area contributed by atoms with Crippen molar-refractivity contribution in [1.29, 1.82) is 0 Å². The fraction of sp³-hybridized carbons (Fsp3) is 0.118. The van der Waals surface area contributed by atoms with Crippen molar-refractivity contribution in [2.45, 2.75) is 13.8 Å². The molecular formula is C17H16ClN5. The molecule has 0 aliphatic rings. The van der Waals surface area contributed by atoms with E-state index in [1.165, 1.54) is 5.56 Å². The van der Waals surface area contributed by atoms with Crippen LogP contribution in [0.25, 0.3) is 0 Å². The molecule has 0 amide bonds. The Labute approximate surface area is 139 Å².